The van der Waals surface area contributed by atoms with Gasteiger partial charge in [0.05, 0.1) is 5.60 Å². The molecule has 4 aliphatic rings. The molecule has 5 nitrogen and oxygen atoms in total. The molecule has 37 heavy (non-hydrogen) atoms. The van der Waals surface area contributed by atoms with Gasteiger partial charge in [-0.25, -0.2) is 0 Å². The van der Waals surface area contributed by atoms with Crippen molar-refractivity contribution in [3.8, 4) is 0 Å². The summed E-state index contributed by atoms with van der Waals surface area (Å²) in [6.07, 6.45) is 13.0. The number of aliphatic hydroxyl groups is 1. The fraction of sp³-hybridized carbons (Fsp3) is 1.00. The first-order chi connectivity index (χ1) is 17.9. The van der Waals surface area contributed by atoms with E-state index in [1.165, 1.54) is 97.2 Å². The predicted octanol–water partition coefficient (Wildman–Crippen LogP) is 6.07. The first kappa shape index (κ1) is 34.8. The Morgan fingerprint density at radius 2 is 0.946 bits per heavy atom. The van der Waals surface area contributed by atoms with Crippen molar-refractivity contribution < 1.29 is 5.11 Å². The van der Waals surface area contributed by atoms with Crippen molar-refractivity contribution in [2.75, 3.05) is 79.5 Å². The van der Waals surface area contributed by atoms with Gasteiger partial charge in [0.1, 0.15) is 0 Å². The maximum atomic E-state index is 10.6. The van der Waals surface area contributed by atoms with Crippen LogP contribution in [0.25, 0.3) is 0 Å². The molecule has 4 heterocycles. The summed E-state index contributed by atoms with van der Waals surface area (Å²) in [7, 11) is 4.40. The van der Waals surface area contributed by atoms with Crippen molar-refractivity contribution in [1.29, 1.82) is 0 Å². The Kier molecular flexibility index (Phi) is 18.6. The van der Waals surface area contributed by atoms with Crippen LogP contribution in [0.3, 0.4) is 0 Å². The van der Waals surface area contributed by atoms with Crippen molar-refractivity contribution in [2.45, 2.75) is 111 Å². The smallest absolute Gasteiger partial charge is 0.0798 e. The molecule has 0 radical (unpaired) electrons. The Hall–Kier alpha value is -0.200. The third-order valence-electron chi connectivity index (χ3n) is 9.36. The Labute approximate surface area is 233 Å². The maximum absolute atomic E-state index is 10.6. The summed E-state index contributed by atoms with van der Waals surface area (Å²) in [5.74, 6) is 2.93. The molecule has 0 amide bonds. The Morgan fingerprint density at radius 3 is 1.38 bits per heavy atom. The summed E-state index contributed by atoms with van der Waals surface area (Å²) < 4.78 is 0. The normalized spacial score (nSPS) is 25.2. The van der Waals surface area contributed by atoms with E-state index in [-0.39, 0.29) is 0 Å². The van der Waals surface area contributed by atoms with Gasteiger partial charge < -0.3 is 24.7 Å². The van der Waals surface area contributed by atoms with E-state index in [0.29, 0.717) is 0 Å². The minimum Gasteiger partial charge on any atom is -0.388 e. The fourth-order valence-corrected chi connectivity index (χ4v) is 6.35. The number of hydrogen-bond acceptors (Lipinski definition) is 5. The van der Waals surface area contributed by atoms with Gasteiger partial charge in [-0.05, 0) is 122 Å². The van der Waals surface area contributed by atoms with E-state index in [0.717, 1.165) is 50.2 Å². The van der Waals surface area contributed by atoms with E-state index >= 15 is 0 Å². The van der Waals surface area contributed by atoms with E-state index in [1.807, 2.05) is 27.7 Å². The lowest BCUT2D eigenvalue weighted by Crippen LogP contribution is -2.51. The Balaban J connectivity index is 0.000000327. The number of piperidine rings is 4. The van der Waals surface area contributed by atoms with Crippen molar-refractivity contribution in [3.05, 3.63) is 0 Å². The number of β-amino-alcohol motifs (C(OH)–C–C–N with tert-alkyl or cyclic N) is 1. The Morgan fingerprint density at radius 1 is 0.568 bits per heavy atom. The molecular weight excluding hydrogens is 456 g/mol. The molecule has 4 fully saturated rings. The minimum absolute atomic E-state index is 0.411. The topological polar surface area (TPSA) is 33.2 Å². The van der Waals surface area contributed by atoms with Crippen molar-refractivity contribution in [2.24, 2.45) is 17.8 Å². The molecule has 0 bridgehead atoms. The molecule has 0 aliphatic carbocycles. The van der Waals surface area contributed by atoms with E-state index in [2.05, 4.69) is 47.5 Å². The summed E-state index contributed by atoms with van der Waals surface area (Å²) in [6.45, 7) is 24.8. The van der Waals surface area contributed by atoms with Crippen molar-refractivity contribution >= 4 is 0 Å². The van der Waals surface area contributed by atoms with Crippen LogP contribution in [-0.4, -0.2) is 110 Å². The summed E-state index contributed by atoms with van der Waals surface area (Å²) in [6, 6.07) is 0. The fourth-order valence-electron chi connectivity index (χ4n) is 6.35. The van der Waals surface area contributed by atoms with E-state index < -0.39 is 5.60 Å². The van der Waals surface area contributed by atoms with Crippen LogP contribution in [-0.2, 0) is 0 Å². The number of likely N-dealkylation sites (tertiary alicyclic amines) is 4. The maximum Gasteiger partial charge on any atom is 0.0798 e. The highest BCUT2D eigenvalue weighted by Crippen LogP contribution is 2.26. The second-order valence-electron chi connectivity index (χ2n) is 12.1. The van der Waals surface area contributed by atoms with Gasteiger partial charge in [0, 0.05) is 26.2 Å². The number of rotatable bonds is 6. The average molecular weight is 525 g/mol. The summed E-state index contributed by atoms with van der Waals surface area (Å²) in [4.78, 5) is 10.00. The van der Waals surface area contributed by atoms with Crippen LogP contribution in [0.4, 0.5) is 0 Å². The SMILES string of the molecule is CC.CC.CCC1CCN(CC2(O)CCN(C)CC2)CC1.CCC1CCN(CC2CCN(C)CC2)CC1. The second kappa shape index (κ2) is 19.8. The van der Waals surface area contributed by atoms with E-state index in [1.54, 1.807) is 0 Å². The van der Waals surface area contributed by atoms with Crippen LogP contribution >= 0.6 is 0 Å². The van der Waals surface area contributed by atoms with Crippen molar-refractivity contribution in [3.63, 3.8) is 0 Å². The molecule has 1 N–H and O–H groups in total. The third kappa shape index (κ3) is 13.6. The van der Waals surface area contributed by atoms with Crippen LogP contribution in [0, 0.1) is 17.8 Å². The monoisotopic (exact) mass is 525 g/mol. The van der Waals surface area contributed by atoms with Gasteiger partial charge in [-0.1, -0.05) is 54.4 Å². The minimum atomic E-state index is -0.411. The van der Waals surface area contributed by atoms with Crippen LogP contribution in [0.2, 0.25) is 0 Å². The van der Waals surface area contributed by atoms with Gasteiger partial charge in [-0.15, -0.1) is 0 Å². The highest BCUT2D eigenvalue weighted by atomic mass is 16.3. The quantitative estimate of drug-likeness (QED) is 0.456. The summed E-state index contributed by atoms with van der Waals surface area (Å²) in [5, 5.41) is 10.6. The molecular formula is C32H68N4O. The molecule has 0 spiro atoms. The van der Waals surface area contributed by atoms with E-state index in [9.17, 15) is 5.11 Å². The van der Waals surface area contributed by atoms with Gasteiger partial charge in [0.15, 0.2) is 0 Å². The molecule has 0 atom stereocenters. The molecule has 0 aromatic carbocycles. The van der Waals surface area contributed by atoms with Gasteiger partial charge in [0.25, 0.3) is 0 Å². The zero-order chi connectivity index (χ0) is 27.7. The lowest BCUT2D eigenvalue weighted by atomic mass is 9.89. The highest BCUT2D eigenvalue weighted by molar-refractivity contribution is 4.89. The molecule has 4 aliphatic heterocycles. The number of nitrogens with zero attached hydrogens (tertiary/aromatic N) is 4. The molecule has 0 unspecified atom stereocenters. The van der Waals surface area contributed by atoms with Gasteiger partial charge in [-0.3, -0.25) is 0 Å². The standard InChI is InChI=1S/C14H28N2O.C14H28N2.2C2H6/c1-3-13-4-8-16(9-5-13)12-14(17)6-10-15(2)11-7-14;1-3-13-6-10-16(11-7-13)12-14-4-8-15(2)9-5-14;2*1-2/h13,17H,3-12H2,1-2H3;13-14H,3-12H2,1-2H3;2*1-2H3. The van der Waals surface area contributed by atoms with Crippen LogP contribution < -0.4 is 0 Å². The predicted molar refractivity (Wildman–Crippen MR) is 164 cm³/mol. The summed E-state index contributed by atoms with van der Waals surface area (Å²) >= 11 is 0. The molecule has 0 aromatic rings. The summed E-state index contributed by atoms with van der Waals surface area (Å²) in [5.41, 5.74) is -0.411. The van der Waals surface area contributed by atoms with Crippen LogP contribution in [0.15, 0.2) is 0 Å². The highest BCUT2D eigenvalue weighted by Gasteiger charge is 2.34. The largest absolute Gasteiger partial charge is 0.388 e. The Bertz CT molecular complexity index is 513. The zero-order valence-electron chi connectivity index (χ0n) is 26.6. The molecule has 5 heteroatoms. The molecule has 222 valence electrons. The van der Waals surface area contributed by atoms with Crippen LogP contribution in [0.1, 0.15) is 106 Å². The zero-order valence-corrected chi connectivity index (χ0v) is 26.6. The van der Waals surface area contributed by atoms with E-state index in [4.69, 9.17) is 0 Å². The number of hydrogen-bond donors (Lipinski definition) is 1. The van der Waals surface area contributed by atoms with Crippen molar-refractivity contribution in [1.82, 2.24) is 19.6 Å². The van der Waals surface area contributed by atoms with Gasteiger partial charge in [0.2, 0.25) is 0 Å². The average Bonchev–Trinajstić information content (AvgIpc) is 2.95. The third-order valence-corrected chi connectivity index (χ3v) is 9.36. The molecule has 0 aromatic heterocycles. The first-order valence-electron chi connectivity index (χ1n) is 16.4. The molecule has 0 saturated carbocycles. The molecule has 4 saturated heterocycles. The van der Waals surface area contributed by atoms with Gasteiger partial charge >= 0.3 is 0 Å². The lowest BCUT2D eigenvalue weighted by molar-refractivity contribution is -0.0465. The molecule has 4 rings (SSSR count). The second-order valence-corrected chi connectivity index (χ2v) is 12.1. The van der Waals surface area contributed by atoms with Gasteiger partial charge in [-0.2, -0.15) is 0 Å². The first-order valence-corrected chi connectivity index (χ1v) is 16.4. The lowest BCUT2D eigenvalue weighted by Gasteiger charge is -2.41. The van der Waals surface area contributed by atoms with Crippen LogP contribution in [0.5, 0.6) is 0 Å².